The van der Waals surface area contributed by atoms with Crippen LogP contribution in [0.1, 0.15) is 26.3 Å². The normalized spacial score (nSPS) is 17.0. The maximum Gasteiger partial charge on any atom is 0.341 e. The van der Waals surface area contributed by atoms with E-state index in [4.69, 9.17) is 16.3 Å². The van der Waals surface area contributed by atoms with Gasteiger partial charge in [-0.25, -0.2) is 9.18 Å². The number of carbonyl (C=O) groups is 2. The first kappa shape index (κ1) is 25.5. The number of aliphatic hydroxyl groups is 1. The molecule has 8 heteroatoms. The van der Waals surface area contributed by atoms with E-state index >= 15 is 0 Å². The molecule has 1 aliphatic rings. The lowest BCUT2D eigenvalue weighted by Crippen LogP contribution is -2.43. The van der Waals surface area contributed by atoms with E-state index in [9.17, 15) is 24.2 Å². The van der Waals surface area contributed by atoms with Crippen LogP contribution in [0.3, 0.4) is 0 Å². The molecule has 0 amide bonds. The predicted octanol–water partition coefficient (Wildman–Crippen LogP) is 4.05. The Balaban J connectivity index is 2.49. The van der Waals surface area contributed by atoms with Crippen molar-refractivity contribution in [3.05, 3.63) is 81.8 Å². The van der Waals surface area contributed by atoms with Crippen LogP contribution in [0, 0.1) is 5.82 Å². The Bertz CT molecular complexity index is 996. The Morgan fingerprint density at radius 2 is 2.09 bits per heavy atom. The number of rotatable bonds is 9. The van der Waals surface area contributed by atoms with E-state index in [-0.39, 0.29) is 29.7 Å². The molecule has 0 aliphatic carbocycles. The molecule has 0 radical (unpaired) electrons. The average Bonchev–Trinajstić information content (AvgIpc) is 2.70. The lowest BCUT2D eigenvalue weighted by Gasteiger charge is -2.34. The van der Waals surface area contributed by atoms with Crippen molar-refractivity contribution in [1.82, 2.24) is 4.90 Å². The van der Waals surface area contributed by atoms with Gasteiger partial charge in [-0.3, -0.25) is 4.79 Å². The van der Waals surface area contributed by atoms with Crippen molar-refractivity contribution >= 4 is 23.4 Å². The molecule has 2 rings (SSSR count). The lowest BCUT2D eigenvalue weighted by molar-refractivity contribution is -0.135. The highest BCUT2D eigenvalue weighted by molar-refractivity contribution is 6.30. The summed E-state index contributed by atoms with van der Waals surface area (Å²) in [5.41, 5.74) is 1.28. The summed E-state index contributed by atoms with van der Waals surface area (Å²) in [5.74, 6) is -2.61. The molecular weight excluding hydrogens is 437 g/mol. The first-order valence-corrected chi connectivity index (χ1v) is 10.4. The Morgan fingerprint density at radius 1 is 1.41 bits per heavy atom. The molecule has 1 aliphatic heterocycles. The zero-order valence-corrected chi connectivity index (χ0v) is 19.0. The third-order valence-corrected chi connectivity index (χ3v) is 4.88. The van der Waals surface area contributed by atoms with E-state index in [1.807, 2.05) is 0 Å². The van der Waals surface area contributed by atoms with Crippen LogP contribution in [0.4, 0.5) is 4.39 Å². The standard InChI is InChI=1S/C24H27ClFNO5/c1-14(2)8-16(9-17-6-5-7-20(25)22(17)26)10-18-11-27(21(13-28)32-15(3)4)12-19(23(18)29)24(30)31/h5-8,10,12,15,21,28H,1,9,11,13H2,2-4H3,(H,30,31)/b16-8-,18-10+/t21-/m0/s1. The van der Waals surface area contributed by atoms with Gasteiger partial charge < -0.3 is 19.8 Å². The smallest absolute Gasteiger partial charge is 0.341 e. The number of carbonyl (C=O) groups excluding carboxylic acids is 1. The molecule has 0 fully saturated rings. The minimum Gasteiger partial charge on any atom is -0.477 e. The summed E-state index contributed by atoms with van der Waals surface area (Å²) in [6.45, 7) is 8.77. The van der Waals surface area contributed by atoms with Crippen molar-refractivity contribution in [2.45, 2.75) is 39.5 Å². The van der Waals surface area contributed by atoms with E-state index in [2.05, 4.69) is 6.58 Å². The Kier molecular flexibility index (Phi) is 8.95. The maximum atomic E-state index is 14.4. The van der Waals surface area contributed by atoms with Crippen molar-refractivity contribution in [2.24, 2.45) is 0 Å². The van der Waals surface area contributed by atoms with Crippen LogP contribution in [0.2, 0.25) is 5.02 Å². The van der Waals surface area contributed by atoms with Crippen LogP contribution in [-0.4, -0.2) is 52.3 Å². The summed E-state index contributed by atoms with van der Waals surface area (Å²) in [7, 11) is 0. The molecule has 0 saturated heterocycles. The third kappa shape index (κ3) is 6.63. The highest BCUT2D eigenvalue weighted by Gasteiger charge is 2.31. The molecule has 0 saturated carbocycles. The van der Waals surface area contributed by atoms with Crippen molar-refractivity contribution in [2.75, 3.05) is 13.2 Å². The van der Waals surface area contributed by atoms with Gasteiger partial charge in [-0.2, -0.15) is 0 Å². The SMILES string of the molecule is C=C(C)/C=C(\C=C1/CN([C@H](CO)OC(C)C)C=C(C(=O)O)C1=O)Cc1cccc(Cl)c1F. The summed E-state index contributed by atoms with van der Waals surface area (Å²) >= 11 is 5.88. The number of hydrogen-bond donors (Lipinski definition) is 2. The second kappa shape index (κ2) is 11.2. The number of aliphatic hydroxyl groups excluding tert-OH is 1. The van der Waals surface area contributed by atoms with Crippen molar-refractivity contribution in [3.8, 4) is 0 Å². The fourth-order valence-electron chi connectivity index (χ4n) is 3.29. The minimum atomic E-state index is -1.39. The number of benzene rings is 1. The molecule has 0 spiro atoms. The number of ketones is 1. The Morgan fingerprint density at radius 3 is 2.66 bits per heavy atom. The second-order valence-electron chi connectivity index (χ2n) is 7.80. The molecule has 2 N–H and O–H groups in total. The van der Waals surface area contributed by atoms with Gasteiger partial charge in [-0.15, -0.1) is 0 Å². The zero-order chi connectivity index (χ0) is 24.0. The summed E-state index contributed by atoms with van der Waals surface area (Å²) in [6, 6.07) is 4.65. The molecule has 0 unspecified atom stereocenters. The van der Waals surface area contributed by atoms with Crippen molar-refractivity contribution < 1.29 is 28.9 Å². The molecule has 0 aromatic heterocycles. The van der Waals surface area contributed by atoms with Gasteiger partial charge in [0.25, 0.3) is 0 Å². The fraction of sp³-hybridized carbons (Fsp3) is 0.333. The first-order valence-electron chi connectivity index (χ1n) is 10.0. The molecule has 0 bridgehead atoms. The molecule has 32 heavy (non-hydrogen) atoms. The third-order valence-electron chi connectivity index (χ3n) is 4.59. The maximum absolute atomic E-state index is 14.4. The monoisotopic (exact) mass is 463 g/mol. The van der Waals surface area contributed by atoms with Gasteiger partial charge in [-0.05, 0) is 44.1 Å². The van der Waals surface area contributed by atoms with Crippen molar-refractivity contribution in [1.29, 1.82) is 0 Å². The zero-order valence-electron chi connectivity index (χ0n) is 18.3. The number of hydrogen-bond acceptors (Lipinski definition) is 5. The largest absolute Gasteiger partial charge is 0.477 e. The van der Waals surface area contributed by atoms with Crippen LogP contribution in [0.5, 0.6) is 0 Å². The number of halogens is 2. The topological polar surface area (TPSA) is 87.1 Å². The summed E-state index contributed by atoms with van der Waals surface area (Å²) in [4.78, 5) is 26.0. The average molecular weight is 464 g/mol. The van der Waals surface area contributed by atoms with Crippen molar-refractivity contribution in [3.63, 3.8) is 0 Å². The fourth-order valence-corrected chi connectivity index (χ4v) is 3.48. The van der Waals surface area contributed by atoms with Gasteiger partial charge in [0.15, 0.2) is 12.0 Å². The quantitative estimate of drug-likeness (QED) is 0.326. The predicted molar refractivity (Wildman–Crippen MR) is 121 cm³/mol. The summed E-state index contributed by atoms with van der Waals surface area (Å²) in [6.07, 6.45) is 3.46. The molecule has 1 atom stereocenters. The number of carboxylic acid groups (broad SMARTS) is 1. The number of ether oxygens (including phenoxy) is 1. The van der Waals surface area contributed by atoms with Crippen LogP contribution in [-0.2, 0) is 20.7 Å². The number of aliphatic carboxylic acids is 1. The number of allylic oxidation sites excluding steroid dienone is 4. The summed E-state index contributed by atoms with van der Waals surface area (Å²) in [5, 5.41) is 19.2. The first-order chi connectivity index (χ1) is 15.0. The number of nitrogens with zero attached hydrogens (tertiary/aromatic N) is 1. The molecule has 1 aromatic carbocycles. The van der Waals surface area contributed by atoms with E-state index in [1.165, 1.54) is 23.2 Å². The van der Waals surface area contributed by atoms with Gasteiger partial charge >= 0.3 is 5.97 Å². The van der Waals surface area contributed by atoms with Gasteiger partial charge in [0.05, 0.1) is 17.7 Å². The van der Waals surface area contributed by atoms with Gasteiger partial charge in [0.2, 0.25) is 0 Å². The molecule has 172 valence electrons. The summed E-state index contributed by atoms with van der Waals surface area (Å²) < 4.78 is 20.1. The van der Waals surface area contributed by atoms with Crippen LogP contribution < -0.4 is 0 Å². The molecular formula is C24H27ClFNO5. The number of carboxylic acids is 1. The van der Waals surface area contributed by atoms with Crippen LogP contribution in [0.15, 0.2) is 65.4 Å². The van der Waals surface area contributed by atoms with Crippen LogP contribution >= 0.6 is 11.6 Å². The van der Waals surface area contributed by atoms with E-state index < -0.39 is 36.0 Å². The Hall–Kier alpha value is -2.74. The minimum absolute atomic E-state index is 0.0130. The van der Waals surface area contributed by atoms with Gasteiger partial charge in [0, 0.05) is 24.7 Å². The molecule has 1 aromatic rings. The highest BCUT2D eigenvalue weighted by atomic mass is 35.5. The lowest BCUT2D eigenvalue weighted by atomic mass is 9.94. The van der Waals surface area contributed by atoms with E-state index in [0.29, 0.717) is 16.7 Å². The van der Waals surface area contributed by atoms with Gasteiger partial charge in [0.1, 0.15) is 11.4 Å². The van der Waals surface area contributed by atoms with E-state index in [0.717, 1.165) is 0 Å². The molecule has 1 heterocycles. The molecule has 6 nitrogen and oxygen atoms in total. The second-order valence-corrected chi connectivity index (χ2v) is 8.20. The number of Topliss-reactive ketones (excluding diaryl/α,β-unsaturated/α-hetero) is 1. The van der Waals surface area contributed by atoms with Gasteiger partial charge in [-0.1, -0.05) is 42.0 Å². The van der Waals surface area contributed by atoms with E-state index in [1.54, 1.807) is 39.0 Å². The van der Waals surface area contributed by atoms with Crippen LogP contribution in [0.25, 0.3) is 0 Å². The Labute approximate surface area is 191 Å². The highest BCUT2D eigenvalue weighted by Crippen LogP contribution is 2.25.